The average Bonchev–Trinajstić information content (AvgIpc) is 2.67. The minimum absolute atomic E-state index is 0.182. The van der Waals surface area contributed by atoms with E-state index in [1.165, 1.54) is 0 Å². The SMILES string of the molecule is CCOCCN(C)CC1(CN)CCOC1. The zero-order valence-electron chi connectivity index (χ0n) is 10.00. The van der Waals surface area contributed by atoms with Crippen LogP contribution in [0.2, 0.25) is 0 Å². The average molecular weight is 216 g/mol. The van der Waals surface area contributed by atoms with Crippen molar-refractivity contribution in [3.8, 4) is 0 Å². The van der Waals surface area contributed by atoms with Crippen molar-refractivity contribution in [2.45, 2.75) is 13.3 Å². The lowest BCUT2D eigenvalue weighted by atomic mass is 9.87. The molecule has 0 aromatic carbocycles. The van der Waals surface area contributed by atoms with E-state index in [4.69, 9.17) is 15.2 Å². The van der Waals surface area contributed by atoms with Crippen LogP contribution >= 0.6 is 0 Å². The van der Waals surface area contributed by atoms with E-state index >= 15 is 0 Å². The number of nitrogens with zero attached hydrogens (tertiary/aromatic N) is 1. The molecule has 1 fully saturated rings. The molecule has 0 aliphatic carbocycles. The normalized spacial score (nSPS) is 26.4. The number of nitrogens with two attached hydrogens (primary N) is 1. The minimum Gasteiger partial charge on any atom is -0.381 e. The fraction of sp³-hybridized carbons (Fsp3) is 1.00. The van der Waals surface area contributed by atoms with Crippen LogP contribution in [0, 0.1) is 5.41 Å². The molecule has 0 saturated carbocycles. The van der Waals surface area contributed by atoms with E-state index in [0.717, 1.165) is 45.9 Å². The summed E-state index contributed by atoms with van der Waals surface area (Å²) in [7, 11) is 2.12. The van der Waals surface area contributed by atoms with E-state index in [2.05, 4.69) is 11.9 Å². The highest BCUT2D eigenvalue weighted by Gasteiger charge is 2.34. The summed E-state index contributed by atoms with van der Waals surface area (Å²) in [5.41, 5.74) is 6.02. The molecule has 15 heavy (non-hydrogen) atoms. The molecule has 0 bridgehead atoms. The van der Waals surface area contributed by atoms with Gasteiger partial charge in [0, 0.05) is 38.3 Å². The van der Waals surface area contributed by atoms with Crippen molar-refractivity contribution in [3.05, 3.63) is 0 Å². The molecule has 0 aromatic rings. The standard InChI is InChI=1S/C11H24N2O2/c1-3-14-7-5-13(2)9-11(8-12)4-6-15-10-11/h3-10,12H2,1-2H3. The second kappa shape index (κ2) is 6.43. The maximum atomic E-state index is 5.83. The first-order chi connectivity index (χ1) is 7.22. The van der Waals surface area contributed by atoms with Crippen LogP contribution < -0.4 is 5.73 Å². The van der Waals surface area contributed by atoms with Crippen LogP contribution in [0.3, 0.4) is 0 Å². The number of ether oxygens (including phenoxy) is 2. The Kier molecular flexibility index (Phi) is 5.53. The van der Waals surface area contributed by atoms with E-state index < -0.39 is 0 Å². The van der Waals surface area contributed by atoms with Gasteiger partial charge in [0.2, 0.25) is 0 Å². The Labute approximate surface area is 92.7 Å². The van der Waals surface area contributed by atoms with Gasteiger partial charge in [0.1, 0.15) is 0 Å². The number of likely N-dealkylation sites (N-methyl/N-ethyl adjacent to an activating group) is 1. The Hall–Kier alpha value is -0.160. The fourth-order valence-electron chi connectivity index (χ4n) is 2.02. The summed E-state index contributed by atoms with van der Waals surface area (Å²) >= 11 is 0. The predicted molar refractivity (Wildman–Crippen MR) is 60.9 cm³/mol. The molecule has 4 heteroatoms. The topological polar surface area (TPSA) is 47.7 Å². The number of hydrogen-bond donors (Lipinski definition) is 1. The minimum atomic E-state index is 0.182. The molecule has 90 valence electrons. The summed E-state index contributed by atoms with van der Waals surface area (Å²) in [5, 5.41) is 0. The molecule has 1 atom stereocenters. The molecule has 1 aliphatic rings. The van der Waals surface area contributed by atoms with Crippen LogP contribution in [0.15, 0.2) is 0 Å². The molecule has 0 spiro atoms. The highest BCUT2D eigenvalue weighted by atomic mass is 16.5. The lowest BCUT2D eigenvalue weighted by Crippen LogP contribution is -2.42. The predicted octanol–water partition coefficient (Wildman–Crippen LogP) is 0.320. The summed E-state index contributed by atoms with van der Waals surface area (Å²) in [6, 6.07) is 0. The first-order valence-electron chi connectivity index (χ1n) is 5.76. The van der Waals surface area contributed by atoms with E-state index in [1.54, 1.807) is 0 Å². The molecule has 1 rings (SSSR count). The summed E-state index contributed by atoms with van der Waals surface area (Å²) in [6.45, 7) is 7.97. The lowest BCUT2D eigenvalue weighted by molar-refractivity contribution is 0.0910. The lowest BCUT2D eigenvalue weighted by Gasteiger charge is -2.30. The monoisotopic (exact) mass is 216 g/mol. The van der Waals surface area contributed by atoms with Gasteiger partial charge in [-0.3, -0.25) is 0 Å². The number of hydrogen-bond acceptors (Lipinski definition) is 4. The maximum Gasteiger partial charge on any atom is 0.0593 e. The highest BCUT2D eigenvalue weighted by Crippen LogP contribution is 2.27. The zero-order valence-corrected chi connectivity index (χ0v) is 10.00. The Morgan fingerprint density at radius 3 is 2.87 bits per heavy atom. The molecule has 1 saturated heterocycles. The van der Waals surface area contributed by atoms with E-state index in [1.807, 2.05) is 6.92 Å². The highest BCUT2D eigenvalue weighted by molar-refractivity contribution is 4.86. The van der Waals surface area contributed by atoms with Gasteiger partial charge >= 0.3 is 0 Å². The maximum absolute atomic E-state index is 5.83. The fourth-order valence-corrected chi connectivity index (χ4v) is 2.02. The van der Waals surface area contributed by atoms with Gasteiger partial charge in [-0.15, -0.1) is 0 Å². The molecule has 1 aliphatic heterocycles. The summed E-state index contributed by atoms with van der Waals surface area (Å²) < 4.78 is 10.8. The third-order valence-corrected chi connectivity index (χ3v) is 3.04. The summed E-state index contributed by atoms with van der Waals surface area (Å²) in [4.78, 5) is 2.29. The second-order valence-corrected chi connectivity index (χ2v) is 4.44. The Bertz CT molecular complexity index is 170. The first-order valence-corrected chi connectivity index (χ1v) is 5.76. The third-order valence-electron chi connectivity index (χ3n) is 3.04. The van der Waals surface area contributed by atoms with Crippen molar-refractivity contribution in [1.29, 1.82) is 0 Å². The van der Waals surface area contributed by atoms with E-state index in [-0.39, 0.29) is 5.41 Å². The van der Waals surface area contributed by atoms with Crippen molar-refractivity contribution in [3.63, 3.8) is 0 Å². The molecule has 2 N–H and O–H groups in total. The van der Waals surface area contributed by atoms with Gasteiger partial charge in [-0.05, 0) is 20.4 Å². The summed E-state index contributed by atoms with van der Waals surface area (Å²) in [5.74, 6) is 0. The molecule has 0 amide bonds. The van der Waals surface area contributed by atoms with Gasteiger partial charge in [0.05, 0.1) is 13.2 Å². The quantitative estimate of drug-likeness (QED) is 0.623. The molecular formula is C11H24N2O2. The largest absolute Gasteiger partial charge is 0.381 e. The van der Waals surface area contributed by atoms with Gasteiger partial charge in [-0.1, -0.05) is 0 Å². The number of rotatable bonds is 7. The van der Waals surface area contributed by atoms with Crippen molar-refractivity contribution in [2.75, 3.05) is 53.1 Å². The molecule has 0 aromatic heterocycles. The Morgan fingerprint density at radius 2 is 2.33 bits per heavy atom. The summed E-state index contributed by atoms with van der Waals surface area (Å²) in [6.07, 6.45) is 1.09. The second-order valence-electron chi connectivity index (χ2n) is 4.44. The van der Waals surface area contributed by atoms with Gasteiger partial charge in [-0.25, -0.2) is 0 Å². The molecule has 1 heterocycles. The first kappa shape index (κ1) is 12.9. The van der Waals surface area contributed by atoms with Crippen LogP contribution in [-0.2, 0) is 9.47 Å². The van der Waals surface area contributed by atoms with Gasteiger partial charge < -0.3 is 20.1 Å². The van der Waals surface area contributed by atoms with Crippen LogP contribution in [0.5, 0.6) is 0 Å². The van der Waals surface area contributed by atoms with Crippen molar-refractivity contribution < 1.29 is 9.47 Å². The smallest absolute Gasteiger partial charge is 0.0593 e. The Balaban J connectivity index is 2.25. The van der Waals surface area contributed by atoms with Crippen LogP contribution in [-0.4, -0.2) is 58.0 Å². The van der Waals surface area contributed by atoms with Gasteiger partial charge in [-0.2, -0.15) is 0 Å². The zero-order chi connectivity index (χ0) is 11.1. The van der Waals surface area contributed by atoms with Crippen LogP contribution in [0.1, 0.15) is 13.3 Å². The van der Waals surface area contributed by atoms with Crippen LogP contribution in [0.25, 0.3) is 0 Å². The van der Waals surface area contributed by atoms with Crippen molar-refractivity contribution in [2.24, 2.45) is 11.1 Å². The van der Waals surface area contributed by atoms with Crippen molar-refractivity contribution >= 4 is 0 Å². The molecular weight excluding hydrogens is 192 g/mol. The van der Waals surface area contributed by atoms with Crippen molar-refractivity contribution in [1.82, 2.24) is 4.90 Å². The molecule has 0 radical (unpaired) electrons. The molecule has 4 nitrogen and oxygen atoms in total. The van der Waals surface area contributed by atoms with Gasteiger partial charge in [0.25, 0.3) is 0 Å². The van der Waals surface area contributed by atoms with Gasteiger partial charge in [0.15, 0.2) is 0 Å². The van der Waals surface area contributed by atoms with E-state index in [9.17, 15) is 0 Å². The van der Waals surface area contributed by atoms with E-state index in [0.29, 0.717) is 6.54 Å². The Morgan fingerprint density at radius 1 is 1.53 bits per heavy atom. The third kappa shape index (κ3) is 4.07. The molecule has 1 unspecified atom stereocenters. The van der Waals surface area contributed by atoms with Crippen LogP contribution in [0.4, 0.5) is 0 Å².